The molecule has 0 aliphatic heterocycles. The maximum absolute atomic E-state index is 12.7. The van der Waals surface area contributed by atoms with Gasteiger partial charge in [0, 0.05) is 13.0 Å². The molecule has 0 saturated heterocycles. The molecule has 0 spiro atoms. The van der Waals surface area contributed by atoms with Gasteiger partial charge < -0.3 is 5.32 Å². The van der Waals surface area contributed by atoms with Crippen LogP contribution in [0.15, 0.2) is 0 Å². The van der Waals surface area contributed by atoms with Gasteiger partial charge in [-0.1, -0.05) is 40.5 Å². The first-order valence-corrected chi connectivity index (χ1v) is 17.7. The predicted octanol–water partition coefficient (Wildman–Crippen LogP) is 6.90. The Morgan fingerprint density at radius 2 is 1.74 bits per heavy atom. The fourth-order valence-electron chi connectivity index (χ4n) is 10.8. The molecular formula is C32H58N2O4S. The van der Waals surface area contributed by atoms with Crippen molar-refractivity contribution in [2.45, 2.75) is 129 Å². The molecule has 0 radical (unpaired) electrons. The third-order valence-electron chi connectivity index (χ3n) is 13.1. The van der Waals surface area contributed by atoms with E-state index in [4.69, 9.17) is 0 Å². The second-order valence-corrected chi connectivity index (χ2v) is 16.5. The van der Waals surface area contributed by atoms with Gasteiger partial charge in [-0.15, -0.1) is 0 Å². The van der Waals surface area contributed by atoms with E-state index in [0.717, 1.165) is 30.1 Å². The smallest absolute Gasteiger partial charge is 0.284 e. The quantitative estimate of drug-likeness (QED) is 0.210. The van der Waals surface area contributed by atoms with Crippen molar-refractivity contribution in [1.82, 2.24) is 10.2 Å². The van der Waals surface area contributed by atoms with Crippen LogP contribution in [0.5, 0.6) is 0 Å². The SMILES string of the molecule is CCC(CCCNC(=O)CC[C@@H](C)[C@H]1CCC2C3CCC4CCCC[C@]4(C)C3CC[C@@]21C)(N(C)C)S(=O)(=O)O. The molecule has 2 N–H and O–H groups in total. The van der Waals surface area contributed by atoms with E-state index in [-0.39, 0.29) is 12.3 Å². The standard InChI is InChI=1S/C32H58N2O4S/c1-7-32(34(5)6,39(36,37)38)20-10-22-33-29(35)17-12-23(2)26-15-16-27-25-14-13-24-11-8-9-19-30(24,3)28(25)18-21-31(26,27)4/h23-28H,7-22H2,1-6H3,(H,33,35)(H,36,37,38)/t23-,24?,25?,26-,27?,28?,30+,31-,32?/m1/s1. The van der Waals surface area contributed by atoms with Crippen molar-refractivity contribution in [2.75, 3.05) is 20.6 Å². The Morgan fingerprint density at radius 1 is 1.03 bits per heavy atom. The van der Waals surface area contributed by atoms with Crippen molar-refractivity contribution < 1.29 is 17.8 Å². The first-order chi connectivity index (χ1) is 18.3. The van der Waals surface area contributed by atoms with E-state index < -0.39 is 15.0 Å². The summed E-state index contributed by atoms with van der Waals surface area (Å²) in [6.45, 7) is 9.86. The van der Waals surface area contributed by atoms with Crippen molar-refractivity contribution in [3.63, 3.8) is 0 Å². The number of rotatable bonds is 11. The van der Waals surface area contributed by atoms with Crippen LogP contribution in [0, 0.1) is 46.3 Å². The van der Waals surface area contributed by atoms with Crippen LogP contribution in [0.3, 0.4) is 0 Å². The third kappa shape index (κ3) is 5.71. The van der Waals surface area contributed by atoms with Crippen LogP contribution in [-0.4, -0.2) is 49.3 Å². The van der Waals surface area contributed by atoms with E-state index >= 15 is 0 Å². The minimum absolute atomic E-state index is 0.0626. The largest absolute Gasteiger partial charge is 0.356 e. The Bertz CT molecular complexity index is 969. The molecule has 7 heteroatoms. The molecule has 1 amide bonds. The van der Waals surface area contributed by atoms with Gasteiger partial charge in [0.2, 0.25) is 5.91 Å². The maximum atomic E-state index is 12.7. The van der Waals surface area contributed by atoms with Crippen molar-refractivity contribution in [3.05, 3.63) is 0 Å². The molecular weight excluding hydrogens is 508 g/mol. The summed E-state index contributed by atoms with van der Waals surface area (Å²) in [5.74, 6) is 5.03. The van der Waals surface area contributed by atoms with Crippen molar-refractivity contribution in [1.29, 1.82) is 0 Å². The van der Waals surface area contributed by atoms with Gasteiger partial charge in [0.1, 0.15) is 4.87 Å². The summed E-state index contributed by atoms with van der Waals surface area (Å²) >= 11 is 0. The van der Waals surface area contributed by atoms with Crippen molar-refractivity contribution in [2.24, 2.45) is 46.3 Å². The van der Waals surface area contributed by atoms with Crippen LogP contribution in [-0.2, 0) is 14.9 Å². The highest BCUT2D eigenvalue weighted by Crippen LogP contribution is 2.68. The lowest BCUT2D eigenvalue weighted by atomic mass is 9.44. The Kier molecular flexibility index (Phi) is 9.55. The fourth-order valence-corrected chi connectivity index (χ4v) is 12.0. The van der Waals surface area contributed by atoms with Crippen LogP contribution in [0.1, 0.15) is 124 Å². The average Bonchev–Trinajstić information content (AvgIpc) is 3.23. The molecule has 4 aliphatic rings. The zero-order valence-corrected chi connectivity index (χ0v) is 26.6. The molecule has 9 atom stereocenters. The van der Waals surface area contributed by atoms with E-state index in [1.165, 1.54) is 64.2 Å². The lowest BCUT2D eigenvalue weighted by molar-refractivity contribution is -0.122. The summed E-state index contributed by atoms with van der Waals surface area (Å²) in [4.78, 5) is 13.0. The Morgan fingerprint density at radius 3 is 2.41 bits per heavy atom. The fraction of sp³-hybridized carbons (Fsp3) is 0.969. The van der Waals surface area contributed by atoms with Gasteiger partial charge in [-0.05, 0) is 137 Å². The normalized spacial score (nSPS) is 38.8. The van der Waals surface area contributed by atoms with Crippen LogP contribution >= 0.6 is 0 Å². The van der Waals surface area contributed by atoms with Gasteiger partial charge in [-0.2, -0.15) is 8.42 Å². The highest BCUT2D eigenvalue weighted by Gasteiger charge is 2.60. The summed E-state index contributed by atoms with van der Waals surface area (Å²) in [6, 6.07) is 0. The number of hydrogen-bond donors (Lipinski definition) is 2. The number of nitrogens with zero attached hydrogens (tertiary/aromatic N) is 1. The van der Waals surface area contributed by atoms with E-state index in [1.54, 1.807) is 25.9 Å². The predicted molar refractivity (Wildman–Crippen MR) is 159 cm³/mol. The lowest BCUT2D eigenvalue weighted by Crippen LogP contribution is -2.53. The molecule has 0 aromatic rings. The zero-order chi connectivity index (χ0) is 28.6. The molecule has 4 aliphatic carbocycles. The van der Waals surface area contributed by atoms with Gasteiger partial charge in [-0.25, -0.2) is 0 Å². The molecule has 5 unspecified atom stereocenters. The van der Waals surface area contributed by atoms with E-state index in [0.29, 0.717) is 48.5 Å². The first-order valence-electron chi connectivity index (χ1n) is 16.2. The molecule has 6 nitrogen and oxygen atoms in total. The molecule has 0 bridgehead atoms. The molecule has 39 heavy (non-hydrogen) atoms. The number of hydrogen-bond acceptors (Lipinski definition) is 4. The minimum Gasteiger partial charge on any atom is -0.356 e. The minimum atomic E-state index is -4.23. The van der Waals surface area contributed by atoms with Gasteiger partial charge in [0.15, 0.2) is 0 Å². The molecule has 4 rings (SSSR count). The number of carbonyl (C=O) groups excluding carboxylic acids is 1. The Labute approximate surface area is 239 Å². The zero-order valence-electron chi connectivity index (χ0n) is 25.8. The van der Waals surface area contributed by atoms with Crippen LogP contribution in [0.2, 0.25) is 0 Å². The Balaban J connectivity index is 1.27. The van der Waals surface area contributed by atoms with Crippen LogP contribution in [0.4, 0.5) is 0 Å². The topological polar surface area (TPSA) is 86.7 Å². The van der Waals surface area contributed by atoms with Crippen molar-refractivity contribution >= 4 is 16.0 Å². The monoisotopic (exact) mass is 566 g/mol. The van der Waals surface area contributed by atoms with E-state index in [9.17, 15) is 17.8 Å². The summed E-state index contributed by atoms with van der Waals surface area (Å²) in [6.07, 6.45) is 16.8. The van der Waals surface area contributed by atoms with Crippen LogP contribution < -0.4 is 5.32 Å². The third-order valence-corrected chi connectivity index (χ3v) is 14.9. The lowest BCUT2D eigenvalue weighted by Gasteiger charge is -2.61. The summed E-state index contributed by atoms with van der Waals surface area (Å²) < 4.78 is 34.0. The summed E-state index contributed by atoms with van der Waals surface area (Å²) in [5.41, 5.74) is 1.02. The molecule has 4 saturated carbocycles. The van der Waals surface area contributed by atoms with E-state index in [2.05, 4.69) is 26.1 Å². The highest BCUT2D eigenvalue weighted by atomic mass is 32.2. The maximum Gasteiger partial charge on any atom is 0.284 e. The molecule has 0 aromatic heterocycles. The van der Waals surface area contributed by atoms with E-state index in [1.807, 2.05) is 0 Å². The molecule has 4 fully saturated rings. The highest BCUT2D eigenvalue weighted by molar-refractivity contribution is 7.87. The van der Waals surface area contributed by atoms with Gasteiger partial charge in [0.05, 0.1) is 0 Å². The van der Waals surface area contributed by atoms with Gasteiger partial charge in [-0.3, -0.25) is 14.2 Å². The Hall–Kier alpha value is -0.660. The second kappa shape index (κ2) is 11.9. The number of amides is 1. The first kappa shape index (κ1) is 31.3. The number of carbonyl (C=O) groups is 1. The molecule has 0 aromatic carbocycles. The summed E-state index contributed by atoms with van der Waals surface area (Å²) in [7, 11) is -0.868. The van der Waals surface area contributed by atoms with Gasteiger partial charge >= 0.3 is 0 Å². The molecule has 226 valence electrons. The summed E-state index contributed by atoms with van der Waals surface area (Å²) in [5, 5.41) is 3.02. The number of fused-ring (bicyclic) bond motifs is 5. The molecule has 0 heterocycles. The van der Waals surface area contributed by atoms with Crippen molar-refractivity contribution in [3.8, 4) is 0 Å². The second-order valence-electron chi connectivity index (χ2n) is 14.8. The number of nitrogens with one attached hydrogen (secondary N) is 1. The van der Waals surface area contributed by atoms with Gasteiger partial charge in [0.25, 0.3) is 10.1 Å². The average molecular weight is 567 g/mol. The van der Waals surface area contributed by atoms with Crippen LogP contribution in [0.25, 0.3) is 0 Å².